The van der Waals surface area contributed by atoms with Crippen molar-refractivity contribution >= 4 is 47.0 Å². The Morgan fingerprint density at radius 3 is 2.21 bits per heavy atom. The molecule has 0 bridgehead atoms. The standard InChI is InChI=1S/C14H10N2OS2/c1-3-11(18-9-1)5-7-13-15-14(17-16-13)8-6-12-4-2-10-19-12/h1-10H/b7-5+,8-6+. The van der Waals surface area contributed by atoms with Gasteiger partial charge in [-0.2, -0.15) is 4.98 Å². The molecule has 0 saturated heterocycles. The summed E-state index contributed by atoms with van der Waals surface area (Å²) >= 11 is 3.34. The first-order valence-corrected chi connectivity index (χ1v) is 7.43. The minimum Gasteiger partial charge on any atom is -0.334 e. The zero-order chi connectivity index (χ0) is 12.9. The van der Waals surface area contributed by atoms with Gasteiger partial charge in [-0.1, -0.05) is 17.3 Å². The van der Waals surface area contributed by atoms with Crippen LogP contribution in [0.4, 0.5) is 0 Å². The van der Waals surface area contributed by atoms with E-state index in [1.165, 1.54) is 4.88 Å². The van der Waals surface area contributed by atoms with Crippen LogP contribution in [0.25, 0.3) is 24.3 Å². The second kappa shape index (κ2) is 5.77. The molecule has 0 atom stereocenters. The van der Waals surface area contributed by atoms with Gasteiger partial charge in [0.1, 0.15) is 0 Å². The van der Waals surface area contributed by atoms with Crippen molar-refractivity contribution < 1.29 is 4.52 Å². The van der Waals surface area contributed by atoms with Crippen LogP contribution in [0.15, 0.2) is 39.5 Å². The van der Waals surface area contributed by atoms with E-state index in [1.807, 2.05) is 59.3 Å². The summed E-state index contributed by atoms with van der Waals surface area (Å²) in [6, 6.07) is 8.09. The molecule has 0 radical (unpaired) electrons. The lowest BCUT2D eigenvalue weighted by Gasteiger charge is -1.81. The van der Waals surface area contributed by atoms with E-state index in [2.05, 4.69) is 10.1 Å². The van der Waals surface area contributed by atoms with Gasteiger partial charge in [-0.15, -0.1) is 22.7 Å². The Hall–Kier alpha value is -1.98. The van der Waals surface area contributed by atoms with Crippen molar-refractivity contribution in [3.8, 4) is 0 Å². The lowest BCUT2D eigenvalue weighted by atomic mass is 10.4. The molecule has 5 heteroatoms. The highest BCUT2D eigenvalue weighted by atomic mass is 32.1. The first kappa shape index (κ1) is 12.1. The average molecular weight is 286 g/mol. The van der Waals surface area contributed by atoms with E-state index in [0.717, 1.165) is 4.88 Å². The predicted octanol–water partition coefficient (Wildman–Crippen LogP) is 4.53. The van der Waals surface area contributed by atoms with Gasteiger partial charge in [0.25, 0.3) is 5.89 Å². The fourth-order valence-electron chi connectivity index (χ4n) is 1.46. The fraction of sp³-hybridized carbons (Fsp3) is 0. The normalized spacial score (nSPS) is 11.8. The molecule has 0 N–H and O–H groups in total. The number of aromatic nitrogens is 2. The van der Waals surface area contributed by atoms with Crippen LogP contribution in [0, 0.1) is 0 Å². The molecule has 3 heterocycles. The maximum absolute atomic E-state index is 5.14. The molecule has 3 aromatic heterocycles. The van der Waals surface area contributed by atoms with Crippen molar-refractivity contribution in [1.82, 2.24) is 10.1 Å². The monoisotopic (exact) mass is 286 g/mol. The summed E-state index contributed by atoms with van der Waals surface area (Å²) in [5, 5.41) is 7.96. The Balaban J connectivity index is 1.69. The van der Waals surface area contributed by atoms with Crippen LogP contribution in [0.2, 0.25) is 0 Å². The van der Waals surface area contributed by atoms with Gasteiger partial charge in [0, 0.05) is 15.8 Å². The molecule has 3 nitrogen and oxygen atoms in total. The van der Waals surface area contributed by atoms with E-state index in [9.17, 15) is 0 Å². The third kappa shape index (κ3) is 3.27. The highest BCUT2D eigenvalue weighted by Crippen LogP contribution is 2.14. The van der Waals surface area contributed by atoms with E-state index >= 15 is 0 Å². The fourth-order valence-corrected chi connectivity index (χ4v) is 2.70. The van der Waals surface area contributed by atoms with Crippen molar-refractivity contribution in [2.75, 3.05) is 0 Å². The highest BCUT2D eigenvalue weighted by molar-refractivity contribution is 7.11. The van der Waals surface area contributed by atoms with E-state index in [-0.39, 0.29) is 0 Å². The van der Waals surface area contributed by atoms with Crippen molar-refractivity contribution in [2.45, 2.75) is 0 Å². The van der Waals surface area contributed by atoms with Gasteiger partial charge in [0.15, 0.2) is 5.82 Å². The molecular weight excluding hydrogens is 276 g/mol. The Morgan fingerprint density at radius 2 is 1.58 bits per heavy atom. The van der Waals surface area contributed by atoms with E-state index in [1.54, 1.807) is 22.7 Å². The average Bonchev–Trinajstić information content (AvgIpc) is 3.16. The Morgan fingerprint density at radius 1 is 0.895 bits per heavy atom. The molecule has 0 aliphatic rings. The summed E-state index contributed by atoms with van der Waals surface area (Å²) in [5.74, 6) is 1.10. The van der Waals surface area contributed by atoms with Crippen LogP contribution >= 0.6 is 22.7 Å². The molecule has 0 amide bonds. The minimum atomic E-state index is 0.513. The van der Waals surface area contributed by atoms with Crippen LogP contribution < -0.4 is 0 Å². The Bertz CT molecular complexity index is 620. The van der Waals surface area contributed by atoms with Gasteiger partial charge < -0.3 is 4.52 Å². The molecule has 0 aliphatic carbocycles. The molecule has 0 fully saturated rings. The second-order valence-corrected chi connectivity index (χ2v) is 5.65. The zero-order valence-corrected chi connectivity index (χ0v) is 11.5. The molecule has 0 spiro atoms. The largest absolute Gasteiger partial charge is 0.334 e. The maximum Gasteiger partial charge on any atom is 0.250 e. The van der Waals surface area contributed by atoms with Gasteiger partial charge >= 0.3 is 0 Å². The van der Waals surface area contributed by atoms with E-state index < -0.39 is 0 Å². The van der Waals surface area contributed by atoms with Crippen LogP contribution in [0.1, 0.15) is 21.5 Å². The van der Waals surface area contributed by atoms with Crippen molar-refractivity contribution in [1.29, 1.82) is 0 Å². The molecule has 3 rings (SSSR count). The number of rotatable bonds is 4. The summed E-state index contributed by atoms with van der Waals surface area (Å²) in [4.78, 5) is 6.60. The smallest absolute Gasteiger partial charge is 0.250 e. The van der Waals surface area contributed by atoms with Crippen molar-refractivity contribution in [3.63, 3.8) is 0 Å². The summed E-state index contributed by atoms with van der Waals surface area (Å²) in [5.41, 5.74) is 0. The lowest BCUT2D eigenvalue weighted by molar-refractivity contribution is 0.408. The summed E-state index contributed by atoms with van der Waals surface area (Å²) in [7, 11) is 0. The number of nitrogens with zero attached hydrogens (tertiary/aromatic N) is 2. The number of hydrogen-bond acceptors (Lipinski definition) is 5. The third-order valence-corrected chi connectivity index (χ3v) is 4.01. The SMILES string of the molecule is C(=C\c1cccs1)/c1noc(/C=C/c2cccs2)n1. The van der Waals surface area contributed by atoms with E-state index in [4.69, 9.17) is 4.52 Å². The summed E-state index contributed by atoms with van der Waals surface area (Å²) < 4.78 is 5.14. The van der Waals surface area contributed by atoms with Crippen LogP contribution in [0.3, 0.4) is 0 Å². The quantitative estimate of drug-likeness (QED) is 0.707. The Labute approximate surface area is 118 Å². The van der Waals surface area contributed by atoms with Crippen molar-refractivity contribution in [2.24, 2.45) is 0 Å². The molecule has 0 unspecified atom stereocenters. The highest BCUT2D eigenvalue weighted by Gasteiger charge is 1.99. The minimum absolute atomic E-state index is 0.513. The van der Waals surface area contributed by atoms with E-state index in [0.29, 0.717) is 11.7 Å². The molecule has 94 valence electrons. The Kier molecular flexibility index (Phi) is 3.67. The summed E-state index contributed by atoms with van der Waals surface area (Å²) in [6.07, 6.45) is 7.60. The first-order chi connectivity index (χ1) is 9.40. The summed E-state index contributed by atoms with van der Waals surface area (Å²) in [6.45, 7) is 0. The molecule has 0 aliphatic heterocycles. The third-order valence-electron chi connectivity index (χ3n) is 2.33. The lowest BCUT2D eigenvalue weighted by Crippen LogP contribution is -1.74. The van der Waals surface area contributed by atoms with Crippen LogP contribution in [-0.4, -0.2) is 10.1 Å². The van der Waals surface area contributed by atoms with Gasteiger partial charge in [-0.25, -0.2) is 0 Å². The predicted molar refractivity (Wildman–Crippen MR) is 80.8 cm³/mol. The second-order valence-electron chi connectivity index (χ2n) is 3.69. The van der Waals surface area contributed by atoms with Gasteiger partial charge in [-0.3, -0.25) is 0 Å². The molecule has 19 heavy (non-hydrogen) atoms. The van der Waals surface area contributed by atoms with Gasteiger partial charge in [0.05, 0.1) is 0 Å². The molecule has 3 aromatic rings. The van der Waals surface area contributed by atoms with Gasteiger partial charge in [0.2, 0.25) is 0 Å². The van der Waals surface area contributed by atoms with Crippen LogP contribution in [-0.2, 0) is 0 Å². The molecule has 0 saturated carbocycles. The number of thiophene rings is 2. The maximum atomic E-state index is 5.14. The number of hydrogen-bond donors (Lipinski definition) is 0. The molecular formula is C14H10N2OS2. The van der Waals surface area contributed by atoms with Crippen LogP contribution in [0.5, 0.6) is 0 Å². The van der Waals surface area contributed by atoms with Gasteiger partial charge in [-0.05, 0) is 41.1 Å². The molecule has 0 aromatic carbocycles. The van der Waals surface area contributed by atoms with Crippen molar-refractivity contribution in [3.05, 3.63) is 56.5 Å². The topological polar surface area (TPSA) is 38.9 Å². The zero-order valence-electron chi connectivity index (χ0n) is 9.89. The first-order valence-electron chi connectivity index (χ1n) is 5.67.